The average Bonchev–Trinajstić information content (AvgIpc) is 2.87. The number of hydrogen-bond acceptors (Lipinski definition) is 3. The summed E-state index contributed by atoms with van der Waals surface area (Å²) in [6, 6.07) is 11.8. The number of ether oxygens (including phenoxy) is 1. The first-order valence-electron chi connectivity index (χ1n) is 8.60. The van der Waals surface area contributed by atoms with Gasteiger partial charge in [0.25, 0.3) is 0 Å². The van der Waals surface area contributed by atoms with E-state index in [0.717, 1.165) is 33.5 Å². The zero-order valence-electron chi connectivity index (χ0n) is 15.3. The van der Waals surface area contributed by atoms with Crippen molar-refractivity contribution in [1.29, 1.82) is 0 Å². The van der Waals surface area contributed by atoms with Gasteiger partial charge in [0.2, 0.25) is 0 Å². The van der Waals surface area contributed by atoms with Crippen LogP contribution >= 0.6 is 22.6 Å². The molecule has 1 amide bonds. The van der Waals surface area contributed by atoms with Crippen LogP contribution < -0.4 is 5.32 Å². The smallest absolute Gasteiger partial charge is 0.408 e. The van der Waals surface area contributed by atoms with Crippen LogP contribution in [0.4, 0.5) is 4.79 Å². The number of halogens is 1. The van der Waals surface area contributed by atoms with E-state index in [1.54, 1.807) is 0 Å². The molecule has 5 heteroatoms. The third-order valence-electron chi connectivity index (χ3n) is 3.57. The molecule has 0 unspecified atom stereocenters. The van der Waals surface area contributed by atoms with Gasteiger partial charge in [0.05, 0.1) is 9.61 Å². The molecule has 2 aromatic rings. The van der Waals surface area contributed by atoms with Crippen LogP contribution in [0.5, 0.6) is 0 Å². The SMILES string of the molecule is CCCc1oc([C@@H](Cc2ccccc2)NC(=O)OC(C)(C)C)cc1I. The van der Waals surface area contributed by atoms with Gasteiger partial charge in [-0.25, -0.2) is 4.79 Å². The van der Waals surface area contributed by atoms with E-state index in [1.807, 2.05) is 57.2 Å². The van der Waals surface area contributed by atoms with Gasteiger partial charge < -0.3 is 14.5 Å². The van der Waals surface area contributed by atoms with Gasteiger partial charge in [-0.05, 0) is 61.4 Å². The first kappa shape index (κ1) is 19.8. The first-order chi connectivity index (χ1) is 11.8. The number of rotatable bonds is 6. The highest BCUT2D eigenvalue weighted by Gasteiger charge is 2.24. The summed E-state index contributed by atoms with van der Waals surface area (Å²) in [6.07, 6.45) is 2.13. The largest absolute Gasteiger partial charge is 0.463 e. The lowest BCUT2D eigenvalue weighted by Crippen LogP contribution is -2.35. The lowest BCUT2D eigenvalue weighted by Gasteiger charge is -2.23. The van der Waals surface area contributed by atoms with Crippen LogP contribution in [0.3, 0.4) is 0 Å². The van der Waals surface area contributed by atoms with Gasteiger partial charge in [0, 0.05) is 12.8 Å². The maximum absolute atomic E-state index is 12.3. The maximum atomic E-state index is 12.3. The van der Waals surface area contributed by atoms with E-state index >= 15 is 0 Å². The summed E-state index contributed by atoms with van der Waals surface area (Å²) in [5.74, 6) is 1.74. The number of nitrogens with one attached hydrogen (secondary N) is 1. The summed E-state index contributed by atoms with van der Waals surface area (Å²) in [6.45, 7) is 7.69. The molecule has 0 aliphatic rings. The van der Waals surface area contributed by atoms with E-state index in [9.17, 15) is 4.79 Å². The molecular weight excluding hydrogens is 429 g/mol. The van der Waals surface area contributed by atoms with Crippen LogP contribution in [0.2, 0.25) is 0 Å². The molecule has 0 aliphatic heterocycles. The summed E-state index contributed by atoms with van der Waals surface area (Å²) in [7, 11) is 0. The Morgan fingerprint density at radius 3 is 2.56 bits per heavy atom. The molecule has 1 atom stereocenters. The lowest BCUT2D eigenvalue weighted by atomic mass is 10.0. The van der Waals surface area contributed by atoms with Gasteiger partial charge in [-0.2, -0.15) is 0 Å². The van der Waals surface area contributed by atoms with Gasteiger partial charge in [-0.15, -0.1) is 0 Å². The fourth-order valence-electron chi connectivity index (χ4n) is 2.52. The van der Waals surface area contributed by atoms with E-state index in [2.05, 4.69) is 34.8 Å². The Morgan fingerprint density at radius 2 is 1.96 bits per heavy atom. The maximum Gasteiger partial charge on any atom is 0.408 e. The molecule has 25 heavy (non-hydrogen) atoms. The molecule has 2 rings (SSSR count). The molecule has 0 radical (unpaired) electrons. The fourth-order valence-corrected chi connectivity index (χ4v) is 3.20. The van der Waals surface area contributed by atoms with E-state index in [-0.39, 0.29) is 6.04 Å². The second-order valence-corrected chi connectivity index (χ2v) is 8.22. The topological polar surface area (TPSA) is 51.5 Å². The molecule has 1 aromatic carbocycles. The van der Waals surface area contributed by atoms with Gasteiger partial charge >= 0.3 is 6.09 Å². The van der Waals surface area contributed by atoms with E-state index in [0.29, 0.717) is 6.42 Å². The minimum atomic E-state index is -0.535. The predicted octanol–water partition coefficient (Wildman–Crippen LogP) is 5.65. The molecule has 0 fully saturated rings. The molecule has 1 aromatic heterocycles. The monoisotopic (exact) mass is 455 g/mol. The number of aryl methyl sites for hydroxylation is 1. The summed E-state index contributed by atoms with van der Waals surface area (Å²) in [4.78, 5) is 12.3. The number of carbonyl (C=O) groups excluding carboxylic acids is 1. The molecule has 0 spiro atoms. The molecule has 136 valence electrons. The van der Waals surface area contributed by atoms with Gasteiger partial charge in [0.15, 0.2) is 0 Å². The minimum absolute atomic E-state index is 0.267. The van der Waals surface area contributed by atoms with Crippen LogP contribution in [0.25, 0.3) is 0 Å². The zero-order valence-corrected chi connectivity index (χ0v) is 17.4. The number of alkyl carbamates (subject to hydrolysis) is 1. The van der Waals surface area contributed by atoms with Crippen molar-refractivity contribution >= 4 is 28.7 Å². The summed E-state index contributed by atoms with van der Waals surface area (Å²) in [5.41, 5.74) is 0.596. The third-order valence-corrected chi connectivity index (χ3v) is 4.48. The molecular formula is C20H26INO3. The Bertz CT molecular complexity index is 689. The van der Waals surface area contributed by atoms with Crippen molar-refractivity contribution in [2.75, 3.05) is 0 Å². The summed E-state index contributed by atoms with van der Waals surface area (Å²) >= 11 is 2.29. The quantitative estimate of drug-likeness (QED) is 0.574. The second-order valence-electron chi connectivity index (χ2n) is 7.06. The number of amides is 1. The fraction of sp³-hybridized carbons (Fsp3) is 0.450. The van der Waals surface area contributed by atoms with Gasteiger partial charge in [0.1, 0.15) is 17.1 Å². The first-order valence-corrected chi connectivity index (χ1v) is 9.68. The molecule has 1 heterocycles. The highest BCUT2D eigenvalue weighted by Crippen LogP contribution is 2.27. The number of furan rings is 1. The number of hydrogen-bond donors (Lipinski definition) is 1. The molecule has 4 nitrogen and oxygen atoms in total. The van der Waals surface area contributed by atoms with Crippen molar-refractivity contribution in [3.05, 3.63) is 57.1 Å². The summed E-state index contributed by atoms with van der Waals surface area (Å²) in [5, 5.41) is 2.96. The zero-order chi connectivity index (χ0) is 18.4. The molecule has 0 bridgehead atoms. The minimum Gasteiger partial charge on any atom is -0.463 e. The Labute approximate surface area is 163 Å². The Balaban J connectivity index is 2.22. The normalized spacial score (nSPS) is 12.7. The van der Waals surface area contributed by atoms with Gasteiger partial charge in [-0.1, -0.05) is 37.3 Å². The number of carbonyl (C=O) groups is 1. The van der Waals surface area contributed by atoms with Crippen LogP contribution in [-0.2, 0) is 17.6 Å². The van der Waals surface area contributed by atoms with Crippen molar-refractivity contribution in [1.82, 2.24) is 5.32 Å². The second kappa shape index (κ2) is 8.74. The number of benzene rings is 1. The highest BCUT2D eigenvalue weighted by atomic mass is 127. The van der Waals surface area contributed by atoms with E-state index in [1.165, 1.54) is 0 Å². The average molecular weight is 455 g/mol. The van der Waals surface area contributed by atoms with Crippen LogP contribution in [0, 0.1) is 3.57 Å². The molecule has 1 N–H and O–H groups in total. The van der Waals surface area contributed by atoms with E-state index in [4.69, 9.17) is 9.15 Å². The lowest BCUT2D eigenvalue weighted by molar-refractivity contribution is 0.0497. The predicted molar refractivity (Wildman–Crippen MR) is 108 cm³/mol. The van der Waals surface area contributed by atoms with Crippen molar-refractivity contribution in [3.63, 3.8) is 0 Å². The molecule has 0 saturated carbocycles. The van der Waals surface area contributed by atoms with Crippen LogP contribution in [0.1, 0.15) is 57.2 Å². The summed E-state index contributed by atoms with van der Waals surface area (Å²) < 4.78 is 12.6. The van der Waals surface area contributed by atoms with Crippen LogP contribution in [-0.4, -0.2) is 11.7 Å². The van der Waals surface area contributed by atoms with Crippen molar-refractivity contribution in [2.24, 2.45) is 0 Å². The Hall–Kier alpha value is -1.50. The van der Waals surface area contributed by atoms with E-state index < -0.39 is 11.7 Å². The molecule has 0 aliphatic carbocycles. The Kier molecular flexibility index (Phi) is 6.93. The standard InChI is InChI=1S/C20H26INO3/c1-5-9-17-15(21)13-18(24-17)16(12-14-10-7-6-8-11-14)22-19(23)25-20(2,3)4/h6-8,10-11,13,16H,5,9,12H2,1-4H3,(H,22,23)/t16-/m1/s1. The van der Waals surface area contributed by atoms with Crippen molar-refractivity contribution in [2.45, 2.75) is 58.6 Å². The Morgan fingerprint density at radius 1 is 1.28 bits per heavy atom. The van der Waals surface area contributed by atoms with Crippen molar-refractivity contribution in [3.8, 4) is 0 Å². The van der Waals surface area contributed by atoms with Crippen molar-refractivity contribution < 1.29 is 13.9 Å². The van der Waals surface area contributed by atoms with Gasteiger partial charge in [-0.3, -0.25) is 0 Å². The van der Waals surface area contributed by atoms with Crippen LogP contribution in [0.15, 0.2) is 40.8 Å². The highest BCUT2D eigenvalue weighted by molar-refractivity contribution is 14.1. The molecule has 0 saturated heterocycles. The third kappa shape index (κ3) is 6.38.